The zero-order valence-electron chi connectivity index (χ0n) is 9.17. The van der Waals surface area contributed by atoms with Crippen molar-refractivity contribution in [2.45, 2.75) is 26.8 Å². The second-order valence-corrected chi connectivity index (χ2v) is 4.64. The molecule has 2 nitrogen and oxygen atoms in total. The van der Waals surface area contributed by atoms with Crippen LogP contribution >= 0.6 is 11.3 Å². The van der Waals surface area contributed by atoms with Crippen LogP contribution in [0.3, 0.4) is 0 Å². The van der Waals surface area contributed by atoms with Gasteiger partial charge in [0.05, 0.1) is 6.61 Å². The number of nitrogens with one attached hydrogen (secondary N) is 1. The van der Waals surface area contributed by atoms with Gasteiger partial charge in [0.2, 0.25) is 0 Å². The maximum Gasteiger partial charge on any atom is 0.0590 e. The highest BCUT2D eigenvalue weighted by Crippen LogP contribution is 2.21. The summed E-state index contributed by atoms with van der Waals surface area (Å²) in [5.74, 6) is 0. The topological polar surface area (TPSA) is 21.3 Å². The van der Waals surface area contributed by atoms with Crippen molar-refractivity contribution in [1.29, 1.82) is 0 Å². The summed E-state index contributed by atoms with van der Waals surface area (Å²) in [6, 6.07) is 4.80. The first-order valence-corrected chi connectivity index (χ1v) is 5.93. The van der Waals surface area contributed by atoms with E-state index in [1.165, 1.54) is 9.75 Å². The van der Waals surface area contributed by atoms with E-state index >= 15 is 0 Å². The molecule has 1 aromatic heterocycles. The Labute approximate surface area is 90.3 Å². The van der Waals surface area contributed by atoms with Crippen molar-refractivity contribution in [3.8, 4) is 0 Å². The summed E-state index contributed by atoms with van der Waals surface area (Å²) in [7, 11) is 0. The normalized spacial score (nSPS) is 13.1. The number of rotatable bonds is 6. The van der Waals surface area contributed by atoms with Crippen LogP contribution in [0.2, 0.25) is 0 Å². The van der Waals surface area contributed by atoms with Crippen molar-refractivity contribution in [3.63, 3.8) is 0 Å². The lowest BCUT2D eigenvalue weighted by Crippen LogP contribution is -2.22. The van der Waals surface area contributed by atoms with E-state index < -0.39 is 0 Å². The van der Waals surface area contributed by atoms with Gasteiger partial charge in [-0.3, -0.25) is 0 Å². The summed E-state index contributed by atoms with van der Waals surface area (Å²) in [5.41, 5.74) is 0. The fraction of sp³-hybridized carbons (Fsp3) is 0.636. The summed E-state index contributed by atoms with van der Waals surface area (Å²) in [6.45, 7) is 8.87. The average Bonchev–Trinajstić information content (AvgIpc) is 2.59. The van der Waals surface area contributed by atoms with Crippen LogP contribution in [0.5, 0.6) is 0 Å². The predicted molar refractivity (Wildman–Crippen MR) is 62.0 cm³/mol. The van der Waals surface area contributed by atoms with Gasteiger partial charge in [-0.2, -0.15) is 0 Å². The third-order valence-electron chi connectivity index (χ3n) is 2.09. The highest BCUT2D eigenvalue weighted by molar-refractivity contribution is 7.12. The van der Waals surface area contributed by atoms with Crippen molar-refractivity contribution in [2.24, 2.45) is 0 Å². The molecule has 0 aliphatic heterocycles. The van der Waals surface area contributed by atoms with Crippen LogP contribution < -0.4 is 5.32 Å². The Bertz CT molecular complexity index is 260. The molecule has 1 rings (SSSR count). The molecule has 0 amide bonds. The molecule has 1 atom stereocenters. The van der Waals surface area contributed by atoms with E-state index in [1.54, 1.807) is 0 Å². The number of thiophene rings is 1. The summed E-state index contributed by atoms with van der Waals surface area (Å²) < 4.78 is 5.27. The maximum atomic E-state index is 5.27. The van der Waals surface area contributed by atoms with Gasteiger partial charge < -0.3 is 10.1 Å². The number of hydrogen-bond donors (Lipinski definition) is 1. The molecular formula is C11H19NOS. The molecule has 14 heavy (non-hydrogen) atoms. The molecule has 0 aliphatic carbocycles. The molecule has 0 fully saturated rings. The molecule has 1 aromatic rings. The fourth-order valence-corrected chi connectivity index (χ4v) is 2.18. The Morgan fingerprint density at radius 2 is 2.29 bits per heavy atom. The van der Waals surface area contributed by atoms with E-state index in [0.29, 0.717) is 6.04 Å². The van der Waals surface area contributed by atoms with Crippen LogP contribution in [0.4, 0.5) is 0 Å². The third kappa shape index (κ3) is 3.78. The van der Waals surface area contributed by atoms with Gasteiger partial charge in [0.25, 0.3) is 0 Å². The first kappa shape index (κ1) is 11.7. The Kier molecular flexibility index (Phi) is 5.15. The van der Waals surface area contributed by atoms with Crippen molar-refractivity contribution in [2.75, 3.05) is 19.8 Å². The van der Waals surface area contributed by atoms with Crippen molar-refractivity contribution in [3.05, 3.63) is 21.9 Å². The largest absolute Gasteiger partial charge is 0.380 e. The van der Waals surface area contributed by atoms with E-state index in [1.807, 2.05) is 18.3 Å². The van der Waals surface area contributed by atoms with E-state index in [2.05, 4.69) is 31.3 Å². The van der Waals surface area contributed by atoms with Crippen LogP contribution in [0.15, 0.2) is 12.1 Å². The van der Waals surface area contributed by atoms with Gasteiger partial charge in [-0.25, -0.2) is 0 Å². The lowest BCUT2D eigenvalue weighted by molar-refractivity contribution is 0.147. The molecular weight excluding hydrogens is 194 g/mol. The lowest BCUT2D eigenvalue weighted by Gasteiger charge is -2.11. The number of hydrogen-bond acceptors (Lipinski definition) is 3. The molecule has 1 unspecified atom stereocenters. The van der Waals surface area contributed by atoms with E-state index in [9.17, 15) is 0 Å². The van der Waals surface area contributed by atoms with E-state index in [4.69, 9.17) is 4.74 Å². The first-order valence-electron chi connectivity index (χ1n) is 5.11. The minimum atomic E-state index is 0.439. The van der Waals surface area contributed by atoms with Gasteiger partial charge in [0.1, 0.15) is 0 Å². The standard InChI is InChI=1S/C11H19NOS/c1-4-13-8-7-12-10(3)11-6-5-9(2)14-11/h5-6,10,12H,4,7-8H2,1-3H3. The maximum absolute atomic E-state index is 5.27. The number of ether oxygens (including phenoxy) is 1. The smallest absolute Gasteiger partial charge is 0.0590 e. The Morgan fingerprint density at radius 3 is 2.86 bits per heavy atom. The van der Waals surface area contributed by atoms with Crippen molar-refractivity contribution in [1.82, 2.24) is 5.32 Å². The SMILES string of the molecule is CCOCCNC(C)c1ccc(C)s1. The molecule has 0 saturated heterocycles. The summed E-state index contributed by atoms with van der Waals surface area (Å²) in [4.78, 5) is 2.78. The van der Waals surface area contributed by atoms with Crippen LogP contribution in [-0.2, 0) is 4.74 Å². The molecule has 0 spiro atoms. The van der Waals surface area contributed by atoms with Gasteiger partial charge in [-0.1, -0.05) is 0 Å². The summed E-state index contributed by atoms with van der Waals surface area (Å²) in [6.07, 6.45) is 0. The van der Waals surface area contributed by atoms with Crippen LogP contribution in [0.25, 0.3) is 0 Å². The van der Waals surface area contributed by atoms with Crippen molar-refractivity contribution < 1.29 is 4.74 Å². The highest BCUT2D eigenvalue weighted by Gasteiger charge is 2.05. The van der Waals surface area contributed by atoms with Gasteiger partial charge in [0.15, 0.2) is 0 Å². The Hall–Kier alpha value is -0.380. The number of aryl methyl sites for hydroxylation is 1. The second kappa shape index (κ2) is 6.17. The molecule has 1 N–H and O–H groups in total. The molecule has 0 radical (unpaired) electrons. The van der Waals surface area contributed by atoms with Crippen LogP contribution in [0.1, 0.15) is 29.6 Å². The second-order valence-electron chi connectivity index (χ2n) is 3.32. The molecule has 80 valence electrons. The van der Waals surface area contributed by atoms with E-state index in [0.717, 1.165) is 19.8 Å². The fourth-order valence-electron chi connectivity index (χ4n) is 1.28. The van der Waals surface area contributed by atoms with Gasteiger partial charge in [0, 0.05) is 28.9 Å². The zero-order valence-corrected chi connectivity index (χ0v) is 9.99. The van der Waals surface area contributed by atoms with Gasteiger partial charge in [-0.05, 0) is 32.9 Å². The molecule has 0 aromatic carbocycles. The Morgan fingerprint density at radius 1 is 1.50 bits per heavy atom. The van der Waals surface area contributed by atoms with Gasteiger partial charge >= 0.3 is 0 Å². The highest BCUT2D eigenvalue weighted by atomic mass is 32.1. The average molecular weight is 213 g/mol. The molecule has 0 aliphatic rings. The molecule has 0 bridgehead atoms. The van der Waals surface area contributed by atoms with Crippen LogP contribution in [0, 0.1) is 6.92 Å². The molecule has 3 heteroatoms. The monoisotopic (exact) mass is 213 g/mol. The van der Waals surface area contributed by atoms with Crippen LogP contribution in [-0.4, -0.2) is 19.8 Å². The lowest BCUT2D eigenvalue weighted by atomic mass is 10.3. The molecule has 0 saturated carbocycles. The Balaban J connectivity index is 2.25. The van der Waals surface area contributed by atoms with Gasteiger partial charge in [-0.15, -0.1) is 11.3 Å². The third-order valence-corrected chi connectivity index (χ3v) is 3.27. The van der Waals surface area contributed by atoms with Crippen molar-refractivity contribution >= 4 is 11.3 Å². The first-order chi connectivity index (χ1) is 6.74. The predicted octanol–water partition coefficient (Wildman–Crippen LogP) is 2.74. The van der Waals surface area contributed by atoms with E-state index in [-0.39, 0.29) is 0 Å². The minimum Gasteiger partial charge on any atom is -0.380 e. The zero-order chi connectivity index (χ0) is 10.4. The summed E-state index contributed by atoms with van der Waals surface area (Å²) >= 11 is 1.86. The molecule has 1 heterocycles. The quantitative estimate of drug-likeness (QED) is 0.734. The summed E-state index contributed by atoms with van der Waals surface area (Å²) in [5, 5.41) is 3.43. The minimum absolute atomic E-state index is 0.439.